The molecule has 0 spiro atoms. The Morgan fingerprint density at radius 3 is 2.45 bits per heavy atom. The first kappa shape index (κ1) is 24.6. The number of carbonyl (C=O) groups is 3. The molecular weight excluding hydrogens is 418 g/mol. The number of ether oxygens (including phenoxy) is 1. The fraction of sp³-hybridized carbons (Fsp3) is 0.500. The molecule has 0 saturated carbocycles. The van der Waals surface area contributed by atoms with E-state index in [9.17, 15) is 14.4 Å². The normalized spacial score (nSPS) is 16.1. The van der Waals surface area contributed by atoms with Crippen LogP contribution in [0.2, 0.25) is 0 Å². The lowest BCUT2D eigenvalue weighted by molar-refractivity contribution is -0.126. The highest BCUT2D eigenvalue weighted by molar-refractivity contribution is 6.00. The van der Waals surface area contributed by atoms with Crippen molar-refractivity contribution in [3.63, 3.8) is 0 Å². The molecule has 2 aromatic rings. The Morgan fingerprint density at radius 2 is 1.82 bits per heavy atom. The zero-order chi connectivity index (χ0) is 24.1. The molecule has 2 N–H and O–H groups in total. The van der Waals surface area contributed by atoms with Crippen LogP contribution in [0.3, 0.4) is 0 Å². The second-order valence-corrected chi connectivity index (χ2v) is 9.06. The van der Waals surface area contributed by atoms with Crippen molar-refractivity contribution in [2.24, 2.45) is 5.92 Å². The maximum Gasteiger partial charge on any atom is 0.340 e. The molecule has 1 fully saturated rings. The highest BCUT2D eigenvalue weighted by Gasteiger charge is 2.32. The van der Waals surface area contributed by atoms with Gasteiger partial charge in [-0.05, 0) is 63.6 Å². The molecule has 3 rings (SSSR count). The van der Waals surface area contributed by atoms with Crippen LogP contribution in [0.4, 0.5) is 0 Å². The van der Waals surface area contributed by atoms with Gasteiger partial charge in [-0.15, -0.1) is 0 Å². The summed E-state index contributed by atoms with van der Waals surface area (Å²) in [6.45, 7) is 10.6. The van der Waals surface area contributed by atoms with Crippen molar-refractivity contribution < 1.29 is 19.1 Å². The Labute approximate surface area is 195 Å². The van der Waals surface area contributed by atoms with Crippen molar-refractivity contribution in [1.82, 2.24) is 15.2 Å². The van der Waals surface area contributed by atoms with E-state index in [2.05, 4.69) is 29.4 Å². The van der Waals surface area contributed by atoms with E-state index in [0.29, 0.717) is 42.1 Å². The zero-order valence-corrected chi connectivity index (χ0v) is 20.3. The van der Waals surface area contributed by atoms with Crippen LogP contribution < -0.4 is 5.32 Å². The van der Waals surface area contributed by atoms with Gasteiger partial charge in [-0.1, -0.05) is 31.2 Å². The number of nitrogens with zero attached hydrogens (tertiary/aromatic N) is 1. The Bertz CT molecular complexity index is 1010. The minimum atomic E-state index is -0.432. The van der Waals surface area contributed by atoms with Crippen molar-refractivity contribution >= 4 is 17.8 Å². The number of rotatable bonds is 7. The third kappa shape index (κ3) is 5.83. The maximum atomic E-state index is 13.2. The number of H-pyrrole nitrogens is 1. The second kappa shape index (κ2) is 10.7. The summed E-state index contributed by atoms with van der Waals surface area (Å²) in [5, 5.41) is 3.02. The number of likely N-dealkylation sites (tertiary alicyclic amines) is 1. The van der Waals surface area contributed by atoms with Gasteiger partial charge in [-0.25, -0.2) is 4.79 Å². The average molecular weight is 454 g/mol. The van der Waals surface area contributed by atoms with E-state index in [1.165, 1.54) is 5.56 Å². The number of nitrogens with one attached hydrogen (secondary N) is 2. The molecule has 0 unspecified atom stereocenters. The molecule has 1 saturated heterocycles. The van der Waals surface area contributed by atoms with E-state index >= 15 is 0 Å². The van der Waals surface area contributed by atoms with Crippen molar-refractivity contribution in [3.8, 4) is 0 Å². The Kier molecular flexibility index (Phi) is 7.95. The quantitative estimate of drug-likeness (QED) is 0.622. The van der Waals surface area contributed by atoms with Crippen LogP contribution in [0, 0.1) is 19.8 Å². The van der Waals surface area contributed by atoms with Gasteiger partial charge >= 0.3 is 5.97 Å². The maximum absolute atomic E-state index is 13.2. The fourth-order valence-corrected chi connectivity index (χ4v) is 4.30. The van der Waals surface area contributed by atoms with Crippen LogP contribution in [0.1, 0.15) is 76.8 Å². The van der Waals surface area contributed by atoms with Crippen LogP contribution in [0.25, 0.3) is 0 Å². The van der Waals surface area contributed by atoms with Crippen LogP contribution >= 0.6 is 0 Å². The first-order valence-electron chi connectivity index (χ1n) is 11.8. The number of esters is 1. The molecule has 2 heterocycles. The molecule has 2 amide bonds. The summed E-state index contributed by atoms with van der Waals surface area (Å²) in [5.41, 5.74) is 4.32. The molecular formula is C26H35N3O4. The lowest BCUT2D eigenvalue weighted by atomic mass is 9.96. The first-order chi connectivity index (χ1) is 15.7. The topological polar surface area (TPSA) is 91.5 Å². The number of amides is 2. The summed E-state index contributed by atoms with van der Waals surface area (Å²) < 4.78 is 5.32. The van der Waals surface area contributed by atoms with E-state index in [1.807, 2.05) is 12.1 Å². The van der Waals surface area contributed by atoms with Crippen LogP contribution in [0.15, 0.2) is 24.3 Å². The number of piperidine rings is 1. The Hall–Kier alpha value is -3.09. The Balaban J connectivity index is 1.64. The second-order valence-electron chi connectivity index (χ2n) is 9.06. The third-order valence-electron chi connectivity index (χ3n) is 6.18. The van der Waals surface area contributed by atoms with E-state index in [-0.39, 0.29) is 23.8 Å². The molecule has 7 heteroatoms. The molecule has 1 aliphatic heterocycles. The smallest absolute Gasteiger partial charge is 0.340 e. The summed E-state index contributed by atoms with van der Waals surface area (Å²) in [6, 6.07) is 8.23. The predicted molar refractivity (Wildman–Crippen MR) is 127 cm³/mol. The lowest BCUT2D eigenvalue weighted by Crippen LogP contribution is -2.45. The molecule has 1 aromatic carbocycles. The summed E-state index contributed by atoms with van der Waals surface area (Å²) in [5.74, 6) is -0.906. The molecule has 0 aliphatic carbocycles. The SMILES string of the molecule is CCc1ccc(CNC(=O)[C@H]2CCCN(C(=O)c3[nH]c(C)c(C(=O)OC(C)C)c3C)C2)cc1. The molecule has 0 bridgehead atoms. The van der Waals surface area contributed by atoms with Gasteiger partial charge in [0.15, 0.2) is 0 Å². The number of carbonyl (C=O) groups excluding carboxylic acids is 3. The third-order valence-corrected chi connectivity index (χ3v) is 6.18. The molecule has 1 aliphatic rings. The van der Waals surface area contributed by atoms with E-state index in [1.54, 1.807) is 32.6 Å². The average Bonchev–Trinajstić information content (AvgIpc) is 3.10. The lowest BCUT2D eigenvalue weighted by Gasteiger charge is -2.32. The summed E-state index contributed by atoms with van der Waals surface area (Å²) >= 11 is 0. The van der Waals surface area contributed by atoms with E-state index in [4.69, 9.17) is 4.74 Å². The van der Waals surface area contributed by atoms with Gasteiger partial charge in [-0.3, -0.25) is 9.59 Å². The molecule has 33 heavy (non-hydrogen) atoms. The van der Waals surface area contributed by atoms with Gasteiger partial charge in [0.1, 0.15) is 5.69 Å². The Morgan fingerprint density at radius 1 is 1.15 bits per heavy atom. The predicted octanol–water partition coefficient (Wildman–Crippen LogP) is 3.93. The van der Waals surface area contributed by atoms with Crippen LogP contribution in [0.5, 0.6) is 0 Å². The fourth-order valence-electron chi connectivity index (χ4n) is 4.30. The number of hydrogen-bond donors (Lipinski definition) is 2. The van der Waals surface area contributed by atoms with Crippen molar-refractivity contribution in [2.75, 3.05) is 13.1 Å². The summed E-state index contributed by atoms with van der Waals surface area (Å²) in [4.78, 5) is 43.3. The highest BCUT2D eigenvalue weighted by Crippen LogP contribution is 2.24. The monoisotopic (exact) mass is 453 g/mol. The van der Waals surface area contributed by atoms with Crippen molar-refractivity contribution in [1.29, 1.82) is 0 Å². The standard InChI is InChI=1S/C26H35N3O4/c1-6-19-9-11-20(12-10-19)14-27-24(30)21-8-7-13-29(15-21)25(31)23-17(4)22(18(5)28-23)26(32)33-16(2)3/h9-12,16,21,28H,6-8,13-15H2,1-5H3,(H,27,30)/t21-/m0/s1. The van der Waals surface area contributed by atoms with Gasteiger partial charge in [0.2, 0.25) is 5.91 Å². The minimum Gasteiger partial charge on any atom is -0.459 e. The summed E-state index contributed by atoms with van der Waals surface area (Å²) in [6.07, 6.45) is 2.25. The van der Waals surface area contributed by atoms with Crippen LogP contribution in [-0.4, -0.2) is 46.9 Å². The van der Waals surface area contributed by atoms with Gasteiger partial charge in [0.25, 0.3) is 5.91 Å². The number of aromatic nitrogens is 1. The van der Waals surface area contributed by atoms with E-state index in [0.717, 1.165) is 24.8 Å². The molecule has 7 nitrogen and oxygen atoms in total. The number of aromatic amines is 1. The molecule has 178 valence electrons. The van der Waals surface area contributed by atoms with Gasteiger partial charge in [0.05, 0.1) is 17.6 Å². The van der Waals surface area contributed by atoms with Crippen molar-refractivity contribution in [3.05, 3.63) is 57.9 Å². The van der Waals surface area contributed by atoms with Gasteiger partial charge < -0.3 is 19.9 Å². The van der Waals surface area contributed by atoms with Crippen molar-refractivity contribution in [2.45, 2.75) is 66.5 Å². The number of aryl methyl sites for hydroxylation is 2. The highest BCUT2D eigenvalue weighted by atomic mass is 16.5. The van der Waals surface area contributed by atoms with Gasteiger partial charge in [-0.2, -0.15) is 0 Å². The molecule has 1 atom stereocenters. The number of hydrogen-bond acceptors (Lipinski definition) is 4. The number of benzene rings is 1. The molecule has 1 aromatic heterocycles. The summed E-state index contributed by atoms with van der Waals surface area (Å²) in [7, 11) is 0. The minimum absolute atomic E-state index is 0.0346. The first-order valence-corrected chi connectivity index (χ1v) is 11.8. The van der Waals surface area contributed by atoms with Gasteiger partial charge in [0, 0.05) is 25.3 Å². The zero-order valence-electron chi connectivity index (χ0n) is 20.3. The largest absolute Gasteiger partial charge is 0.459 e. The van der Waals surface area contributed by atoms with E-state index < -0.39 is 5.97 Å². The van der Waals surface area contributed by atoms with Crippen LogP contribution in [-0.2, 0) is 22.5 Å². The molecule has 0 radical (unpaired) electrons.